The Morgan fingerprint density at radius 2 is 0.470 bits per heavy atom. The minimum absolute atomic E-state index is 1.17. The molecule has 11 aromatic rings. The SMILES string of the molecule is CCCCCCc1ccc2cc3cc4cc(C=Cc5ccc6cc7cc(C=Cc8ccc9cc%10cc%11ccc(CCCCCC)cc%11cc%10cc9c8)ccc7cc6c5)ccc4cc3cc2c1. The molecule has 0 saturated heterocycles. The lowest BCUT2D eigenvalue weighted by Gasteiger charge is -2.08. The minimum Gasteiger partial charge on any atom is -0.0654 e. The molecule has 0 fully saturated rings. The van der Waals surface area contributed by atoms with Gasteiger partial charge in [0.05, 0.1) is 0 Å². The van der Waals surface area contributed by atoms with Gasteiger partial charge in [-0.3, -0.25) is 0 Å². The number of rotatable bonds is 14. The van der Waals surface area contributed by atoms with Gasteiger partial charge in [-0.25, -0.2) is 0 Å². The highest BCUT2D eigenvalue weighted by atomic mass is 14.1. The molecule has 322 valence electrons. The lowest BCUT2D eigenvalue weighted by Crippen LogP contribution is -1.87. The van der Waals surface area contributed by atoms with Gasteiger partial charge < -0.3 is 0 Å². The van der Waals surface area contributed by atoms with E-state index in [1.165, 1.54) is 184 Å². The summed E-state index contributed by atoms with van der Waals surface area (Å²) < 4.78 is 0. The van der Waals surface area contributed by atoms with Gasteiger partial charge in [-0.15, -0.1) is 0 Å². The van der Waals surface area contributed by atoms with E-state index >= 15 is 0 Å². The van der Waals surface area contributed by atoms with E-state index in [0.29, 0.717) is 0 Å². The molecule has 0 nitrogen and oxygen atoms in total. The van der Waals surface area contributed by atoms with Crippen molar-refractivity contribution in [2.45, 2.75) is 78.1 Å². The van der Waals surface area contributed by atoms with Crippen LogP contribution in [-0.4, -0.2) is 0 Å². The van der Waals surface area contributed by atoms with E-state index in [-0.39, 0.29) is 0 Å². The molecule has 0 aliphatic rings. The molecule has 66 heavy (non-hydrogen) atoms. The topological polar surface area (TPSA) is 0 Å². The summed E-state index contributed by atoms with van der Waals surface area (Å²) in [5.41, 5.74) is 7.74. The summed E-state index contributed by atoms with van der Waals surface area (Å²) in [7, 11) is 0. The molecule has 11 aromatic carbocycles. The molecule has 0 spiro atoms. The fraction of sp³-hybridized carbons (Fsp3) is 0.182. The van der Waals surface area contributed by atoms with E-state index in [1.807, 2.05) is 0 Å². The zero-order valence-corrected chi connectivity index (χ0v) is 38.5. The van der Waals surface area contributed by atoms with Crippen molar-refractivity contribution in [2.24, 2.45) is 0 Å². The van der Waals surface area contributed by atoms with Crippen molar-refractivity contribution in [2.75, 3.05) is 0 Å². The van der Waals surface area contributed by atoms with Crippen molar-refractivity contribution in [1.29, 1.82) is 0 Å². The van der Waals surface area contributed by atoms with Crippen LogP contribution in [0.25, 0.3) is 110 Å². The highest BCUT2D eigenvalue weighted by Gasteiger charge is 2.07. The van der Waals surface area contributed by atoms with Crippen molar-refractivity contribution in [3.05, 3.63) is 203 Å². The van der Waals surface area contributed by atoms with Gasteiger partial charge >= 0.3 is 0 Å². The Labute approximate surface area is 389 Å². The maximum absolute atomic E-state index is 2.41. The van der Waals surface area contributed by atoms with Gasteiger partial charge in [0.25, 0.3) is 0 Å². The van der Waals surface area contributed by atoms with Gasteiger partial charge in [-0.2, -0.15) is 0 Å². The Bertz CT molecular complexity index is 3670. The van der Waals surface area contributed by atoms with Crippen LogP contribution in [-0.2, 0) is 12.8 Å². The number of fused-ring (bicyclic) bond motifs is 8. The van der Waals surface area contributed by atoms with Crippen LogP contribution in [0.1, 0.15) is 98.6 Å². The van der Waals surface area contributed by atoms with Gasteiger partial charge in [0, 0.05) is 0 Å². The molecule has 0 bridgehead atoms. The van der Waals surface area contributed by atoms with Gasteiger partial charge in [-0.05, 0) is 230 Å². The molecule has 11 rings (SSSR count). The maximum Gasteiger partial charge on any atom is -0.0171 e. The molecular formula is C66H58. The first-order chi connectivity index (χ1) is 32.5. The monoisotopic (exact) mass is 850 g/mol. The summed E-state index contributed by atoms with van der Waals surface area (Å²) in [4.78, 5) is 0. The van der Waals surface area contributed by atoms with E-state index in [4.69, 9.17) is 0 Å². The van der Waals surface area contributed by atoms with Crippen LogP contribution < -0.4 is 0 Å². The fourth-order valence-corrected chi connectivity index (χ4v) is 10.3. The third-order valence-electron chi connectivity index (χ3n) is 14.1. The number of unbranched alkanes of at least 4 members (excludes halogenated alkanes) is 6. The summed E-state index contributed by atoms with van der Waals surface area (Å²) in [6.45, 7) is 4.56. The number of hydrogen-bond acceptors (Lipinski definition) is 0. The molecule has 0 aliphatic carbocycles. The normalized spacial score (nSPS) is 12.3. The smallest absolute Gasteiger partial charge is 0.0171 e. The van der Waals surface area contributed by atoms with Crippen molar-refractivity contribution in [1.82, 2.24) is 0 Å². The average Bonchev–Trinajstić information content (AvgIpc) is 3.34. The van der Waals surface area contributed by atoms with Gasteiger partial charge in [0.2, 0.25) is 0 Å². The predicted octanol–water partition coefficient (Wildman–Crippen LogP) is 19.5. The van der Waals surface area contributed by atoms with Crippen molar-refractivity contribution < 1.29 is 0 Å². The Morgan fingerprint density at radius 1 is 0.227 bits per heavy atom. The van der Waals surface area contributed by atoms with Crippen LogP contribution in [0.3, 0.4) is 0 Å². The first-order valence-electron chi connectivity index (χ1n) is 24.6. The average molecular weight is 851 g/mol. The first-order valence-corrected chi connectivity index (χ1v) is 24.6. The Balaban J connectivity index is 0.788. The van der Waals surface area contributed by atoms with Gasteiger partial charge in [0.1, 0.15) is 0 Å². The second-order valence-electron chi connectivity index (χ2n) is 19.0. The van der Waals surface area contributed by atoms with E-state index < -0.39 is 0 Å². The summed E-state index contributed by atoms with van der Waals surface area (Å²) in [6.07, 6.45) is 21.7. The van der Waals surface area contributed by atoms with Crippen LogP contribution in [0.15, 0.2) is 170 Å². The summed E-state index contributed by atoms with van der Waals surface area (Å²) in [5.74, 6) is 0. The number of hydrogen-bond donors (Lipinski definition) is 0. The summed E-state index contributed by atoms with van der Waals surface area (Å²) in [5, 5.41) is 20.7. The lowest BCUT2D eigenvalue weighted by molar-refractivity contribution is 0.667. The quantitative estimate of drug-likeness (QED) is 0.0581. The van der Waals surface area contributed by atoms with Gasteiger partial charge in [0.15, 0.2) is 0 Å². The van der Waals surface area contributed by atoms with E-state index in [9.17, 15) is 0 Å². The van der Waals surface area contributed by atoms with Crippen molar-refractivity contribution in [3.8, 4) is 0 Å². The Morgan fingerprint density at radius 3 is 0.758 bits per heavy atom. The minimum atomic E-state index is 1.17. The molecule has 0 aliphatic heterocycles. The molecule has 0 heteroatoms. The molecule has 0 saturated carbocycles. The lowest BCUT2D eigenvalue weighted by atomic mass is 9.96. The van der Waals surface area contributed by atoms with Crippen molar-refractivity contribution in [3.63, 3.8) is 0 Å². The highest BCUT2D eigenvalue weighted by Crippen LogP contribution is 2.32. The van der Waals surface area contributed by atoms with Crippen LogP contribution in [0.2, 0.25) is 0 Å². The molecule has 0 unspecified atom stereocenters. The van der Waals surface area contributed by atoms with Crippen LogP contribution in [0.4, 0.5) is 0 Å². The molecule has 0 radical (unpaired) electrons. The zero-order valence-electron chi connectivity index (χ0n) is 38.5. The van der Waals surface area contributed by atoms with E-state index in [2.05, 4.69) is 208 Å². The first kappa shape index (κ1) is 41.7. The Hall–Kier alpha value is -7.02. The van der Waals surface area contributed by atoms with Crippen LogP contribution in [0.5, 0.6) is 0 Å². The van der Waals surface area contributed by atoms with E-state index in [1.54, 1.807) is 0 Å². The highest BCUT2D eigenvalue weighted by molar-refractivity contribution is 6.07. The molecule has 0 atom stereocenters. The Kier molecular flexibility index (Phi) is 11.7. The zero-order chi connectivity index (χ0) is 44.4. The molecule has 0 heterocycles. The van der Waals surface area contributed by atoms with E-state index in [0.717, 1.165) is 0 Å². The standard InChI is InChI=1S/C66H58/c1-3-5-7-9-11-45-18-24-54-39-65-42-61-33-49(22-28-56(61)40-64(65)41-59(54)29-45)15-13-47-19-25-51-36-58-32-48(20-26-52(58)35-57(51)31-47)14-16-50-21-27-55-38-63-37-53-23-17-46(12-10-8-6-4-2)30-60(53)43-66(63)44-62(55)34-50/h13-44H,3-12H2,1-2H3. The summed E-state index contributed by atoms with van der Waals surface area (Å²) in [6, 6.07) is 65.0. The maximum atomic E-state index is 2.41. The number of benzene rings is 11. The predicted molar refractivity (Wildman–Crippen MR) is 293 cm³/mol. The molecule has 0 aromatic heterocycles. The largest absolute Gasteiger partial charge is 0.0654 e. The second-order valence-corrected chi connectivity index (χ2v) is 19.0. The summed E-state index contributed by atoms with van der Waals surface area (Å²) >= 11 is 0. The second kappa shape index (κ2) is 18.5. The molecular weight excluding hydrogens is 793 g/mol. The van der Waals surface area contributed by atoms with Crippen molar-refractivity contribution >= 4 is 110 Å². The molecule has 0 amide bonds. The third-order valence-corrected chi connectivity index (χ3v) is 14.1. The molecule has 0 N–H and O–H groups in total. The third kappa shape index (κ3) is 8.98. The number of aryl methyl sites for hydroxylation is 2. The van der Waals surface area contributed by atoms with Gasteiger partial charge in [-0.1, -0.05) is 162 Å². The fourth-order valence-electron chi connectivity index (χ4n) is 10.3. The van der Waals surface area contributed by atoms with Crippen LogP contribution in [0, 0.1) is 0 Å². The van der Waals surface area contributed by atoms with Crippen LogP contribution >= 0.6 is 0 Å².